The molecular weight excluding hydrogens is 347 g/mol. The number of amides is 1. The molecular formula is C17H16F3N5O. The summed E-state index contributed by atoms with van der Waals surface area (Å²) in [5.74, 6) is -0.489. The molecule has 2 aromatic heterocycles. The number of alkyl halides is 3. The maximum absolute atomic E-state index is 12.5. The molecule has 3 aromatic rings. The van der Waals surface area contributed by atoms with Gasteiger partial charge in [0, 0.05) is 12.4 Å². The van der Waals surface area contributed by atoms with E-state index in [0.29, 0.717) is 12.2 Å². The first kappa shape index (κ1) is 17.7. The van der Waals surface area contributed by atoms with E-state index in [1.807, 2.05) is 31.2 Å². The van der Waals surface area contributed by atoms with E-state index in [1.54, 1.807) is 10.9 Å². The van der Waals surface area contributed by atoms with E-state index in [1.165, 1.54) is 6.20 Å². The minimum absolute atomic E-state index is 0.320. The zero-order valence-corrected chi connectivity index (χ0v) is 13.9. The second kappa shape index (κ2) is 7.03. The molecule has 0 aliphatic heterocycles. The number of hydrogen-bond donors (Lipinski definition) is 1. The molecule has 3 rings (SSSR count). The number of aromatic nitrogens is 4. The number of anilines is 1. The van der Waals surface area contributed by atoms with Gasteiger partial charge in [-0.25, -0.2) is 0 Å². The smallest absolute Gasteiger partial charge is 0.322 e. The zero-order valence-electron chi connectivity index (χ0n) is 13.9. The monoisotopic (exact) mass is 363 g/mol. The van der Waals surface area contributed by atoms with E-state index in [-0.39, 0.29) is 6.54 Å². The molecule has 0 fully saturated rings. The minimum Gasteiger partial charge on any atom is -0.322 e. The first-order chi connectivity index (χ1) is 12.3. The third kappa shape index (κ3) is 4.29. The van der Waals surface area contributed by atoms with Crippen molar-refractivity contribution in [3.8, 4) is 0 Å². The molecule has 0 bridgehead atoms. The van der Waals surface area contributed by atoms with E-state index in [2.05, 4.69) is 15.5 Å². The summed E-state index contributed by atoms with van der Waals surface area (Å²) in [7, 11) is 0. The number of aryl methyl sites for hydroxylation is 1. The number of hydrogen-bond acceptors (Lipinski definition) is 3. The Morgan fingerprint density at radius 2 is 1.96 bits per heavy atom. The fourth-order valence-electron chi connectivity index (χ4n) is 2.43. The van der Waals surface area contributed by atoms with Crippen LogP contribution in [0.3, 0.4) is 0 Å². The van der Waals surface area contributed by atoms with Crippen LogP contribution in [0.1, 0.15) is 16.8 Å². The average molecular weight is 363 g/mol. The lowest BCUT2D eigenvalue weighted by Gasteiger charge is -2.05. The summed E-state index contributed by atoms with van der Waals surface area (Å²) < 4.78 is 40.1. The molecule has 26 heavy (non-hydrogen) atoms. The van der Waals surface area contributed by atoms with Gasteiger partial charge in [-0.15, -0.1) is 0 Å². The van der Waals surface area contributed by atoms with Crippen molar-refractivity contribution in [1.29, 1.82) is 0 Å². The third-order valence-electron chi connectivity index (χ3n) is 3.75. The third-order valence-corrected chi connectivity index (χ3v) is 3.75. The molecule has 1 N–H and O–H groups in total. The number of rotatable bonds is 5. The zero-order chi connectivity index (χ0) is 18.7. The van der Waals surface area contributed by atoms with E-state index in [9.17, 15) is 18.0 Å². The van der Waals surface area contributed by atoms with Gasteiger partial charge in [0.05, 0.1) is 18.4 Å². The van der Waals surface area contributed by atoms with Crippen molar-refractivity contribution in [2.45, 2.75) is 26.2 Å². The van der Waals surface area contributed by atoms with Gasteiger partial charge in [-0.2, -0.15) is 23.4 Å². The molecule has 1 aromatic carbocycles. The number of carbonyl (C=O) groups is 1. The number of nitrogens with zero attached hydrogens (tertiary/aromatic N) is 4. The van der Waals surface area contributed by atoms with Crippen LogP contribution < -0.4 is 5.32 Å². The Kier molecular flexibility index (Phi) is 4.79. The van der Waals surface area contributed by atoms with Gasteiger partial charge >= 0.3 is 6.18 Å². The highest BCUT2D eigenvalue weighted by molar-refractivity contribution is 5.90. The molecule has 0 spiro atoms. The van der Waals surface area contributed by atoms with Crippen molar-refractivity contribution in [1.82, 2.24) is 19.6 Å². The number of halogens is 3. The molecule has 1 amide bonds. The number of nitrogens with one attached hydrogen (secondary N) is 1. The lowest BCUT2D eigenvalue weighted by atomic mass is 10.1. The largest absolute Gasteiger partial charge is 0.435 e. The van der Waals surface area contributed by atoms with Crippen LogP contribution in [0.5, 0.6) is 0 Å². The molecule has 2 heterocycles. The molecule has 0 saturated carbocycles. The SMILES string of the molecule is Cc1ccccc1Cn1cc(NC(=O)Cn2ccc(C(F)(F)F)n2)cn1. The Morgan fingerprint density at radius 3 is 2.65 bits per heavy atom. The van der Waals surface area contributed by atoms with Gasteiger partial charge in [0.15, 0.2) is 5.69 Å². The maximum Gasteiger partial charge on any atom is 0.435 e. The van der Waals surface area contributed by atoms with Crippen molar-refractivity contribution in [3.63, 3.8) is 0 Å². The van der Waals surface area contributed by atoms with Crippen LogP contribution in [0.25, 0.3) is 0 Å². The van der Waals surface area contributed by atoms with E-state index in [4.69, 9.17) is 0 Å². The predicted octanol–water partition coefficient (Wildman–Crippen LogP) is 3.09. The van der Waals surface area contributed by atoms with Crippen molar-refractivity contribution < 1.29 is 18.0 Å². The molecule has 0 radical (unpaired) electrons. The van der Waals surface area contributed by atoms with Gasteiger partial charge < -0.3 is 5.32 Å². The molecule has 6 nitrogen and oxygen atoms in total. The topological polar surface area (TPSA) is 64.7 Å². The second-order valence-corrected chi connectivity index (χ2v) is 5.80. The Labute approximate surface area is 147 Å². The van der Waals surface area contributed by atoms with Crippen LogP contribution in [0.4, 0.5) is 18.9 Å². The van der Waals surface area contributed by atoms with Gasteiger partial charge in [-0.3, -0.25) is 14.2 Å². The summed E-state index contributed by atoms with van der Waals surface area (Å²) in [6.45, 7) is 2.23. The van der Waals surface area contributed by atoms with Crippen LogP contribution >= 0.6 is 0 Å². The highest BCUT2D eigenvalue weighted by Gasteiger charge is 2.33. The Balaban J connectivity index is 1.59. The van der Waals surface area contributed by atoms with Crippen LogP contribution in [0.15, 0.2) is 48.9 Å². The average Bonchev–Trinajstić information content (AvgIpc) is 3.19. The number of carbonyl (C=O) groups excluding carboxylic acids is 1. The van der Waals surface area contributed by atoms with Crippen molar-refractivity contribution >= 4 is 11.6 Å². The van der Waals surface area contributed by atoms with Crippen LogP contribution in [-0.2, 0) is 24.1 Å². The molecule has 0 saturated heterocycles. The van der Waals surface area contributed by atoms with Gasteiger partial charge in [-0.05, 0) is 24.1 Å². The first-order valence-electron chi connectivity index (χ1n) is 7.79. The standard InChI is InChI=1S/C17H16F3N5O/c1-12-4-2-3-5-13(12)9-25-10-14(8-21-25)22-16(26)11-24-7-6-15(23-24)17(18,19)20/h2-8,10H,9,11H2,1H3,(H,22,26). The summed E-state index contributed by atoms with van der Waals surface area (Å²) in [6.07, 6.45) is -0.266. The summed E-state index contributed by atoms with van der Waals surface area (Å²) in [5.41, 5.74) is 1.67. The van der Waals surface area contributed by atoms with Gasteiger partial charge in [0.2, 0.25) is 5.91 Å². The first-order valence-corrected chi connectivity index (χ1v) is 7.79. The van der Waals surface area contributed by atoms with E-state index in [0.717, 1.165) is 28.1 Å². The molecule has 0 atom stereocenters. The molecule has 9 heteroatoms. The summed E-state index contributed by atoms with van der Waals surface area (Å²) in [6, 6.07) is 8.71. The Hall–Kier alpha value is -3.10. The maximum atomic E-state index is 12.5. The van der Waals surface area contributed by atoms with Crippen LogP contribution in [0, 0.1) is 6.92 Å². The van der Waals surface area contributed by atoms with Crippen molar-refractivity contribution in [2.75, 3.05) is 5.32 Å². The van der Waals surface area contributed by atoms with E-state index < -0.39 is 17.8 Å². The molecule has 136 valence electrons. The van der Waals surface area contributed by atoms with Crippen LogP contribution in [-0.4, -0.2) is 25.5 Å². The van der Waals surface area contributed by atoms with Crippen LogP contribution in [0.2, 0.25) is 0 Å². The summed E-state index contributed by atoms with van der Waals surface area (Å²) >= 11 is 0. The molecule has 0 unspecified atom stereocenters. The quantitative estimate of drug-likeness (QED) is 0.758. The highest BCUT2D eigenvalue weighted by atomic mass is 19.4. The van der Waals surface area contributed by atoms with Gasteiger partial charge in [0.25, 0.3) is 0 Å². The van der Waals surface area contributed by atoms with Gasteiger partial charge in [0.1, 0.15) is 6.54 Å². The minimum atomic E-state index is -4.53. The van der Waals surface area contributed by atoms with Crippen molar-refractivity contribution in [3.05, 3.63) is 65.7 Å². The fourth-order valence-corrected chi connectivity index (χ4v) is 2.43. The lowest BCUT2D eigenvalue weighted by molar-refractivity contribution is -0.141. The Morgan fingerprint density at radius 1 is 1.19 bits per heavy atom. The molecule has 0 aliphatic carbocycles. The predicted molar refractivity (Wildman–Crippen MR) is 88.4 cm³/mol. The number of benzene rings is 1. The van der Waals surface area contributed by atoms with E-state index >= 15 is 0 Å². The lowest BCUT2D eigenvalue weighted by Crippen LogP contribution is -2.19. The fraction of sp³-hybridized carbons (Fsp3) is 0.235. The summed E-state index contributed by atoms with van der Waals surface area (Å²) in [4.78, 5) is 12.0. The second-order valence-electron chi connectivity index (χ2n) is 5.80. The Bertz CT molecular complexity index is 913. The van der Waals surface area contributed by atoms with Gasteiger partial charge in [-0.1, -0.05) is 24.3 Å². The highest BCUT2D eigenvalue weighted by Crippen LogP contribution is 2.27. The summed E-state index contributed by atoms with van der Waals surface area (Å²) in [5, 5.41) is 10.1. The normalized spacial score (nSPS) is 11.5. The van der Waals surface area contributed by atoms with Crippen molar-refractivity contribution in [2.24, 2.45) is 0 Å². The molecule has 0 aliphatic rings.